The van der Waals surface area contributed by atoms with Crippen molar-refractivity contribution in [2.24, 2.45) is 5.73 Å². The van der Waals surface area contributed by atoms with Crippen molar-refractivity contribution < 1.29 is 0 Å². The van der Waals surface area contributed by atoms with Gasteiger partial charge in [-0.15, -0.1) is 0 Å². The Bertz CT molecular complexity index is 216. The summed E-state index contributed by atoms with van der Waals surface area (Å²) in [4.78, 5) is 0. The maximum absolute atomic E-state index is 8.42. The largest absolute Gasteiger partial charge is 0.399 e. The summed E-state index contributed by atoms with van der Waals surface area (Å²) in [5, 5.41) is 8.42. The van der Waals surface area contributed by atoms with E-state index in [4.69, 9.17) is 11.0 Å². The maximum atomic E-state index is 8.42. The zero-order valence-corrected chi connectivity index (χ0v) is 7.96. The standard InChI is InChI=1S/C8H10N2.C2H6/c1-3-7(6-9)5-8(10)4-2;1-2/h3-5H,2,10H2,1H3;1-2H3/b7-3+,8-5+;. The Labute approximate surface area is 74.7 Å². The molecule has 0 heterocycles. The van der Waals surface area contributed by atoms with Crippen molar-refractivity contribution in [1.29, 1.82) is 5.26 Å². The highest BCUT2D eigenvalue weighted by Gasteiger charge is 1.86. The van der Waals surface area contributed by atoms with Gasteiger partial charge in [0.25, 0.3) is 0 Å². The van der Waals surface area contributed by atoms with Crippen LogP contribution in [0, 0.1) is 11.3 Å². The van der Waals surface area contributed by atoms with Gasteiger partial charge in [0.15, 0.2) is 0 Å². The minimum Gasteiger partial charge on any atom is -0.399 e. The number of hydrogen-bond acceptors (Lipinski definition) is 2. The summed E-state index contributed by atoms with van der Waals surface area (Å²) >= 11 is 0. The maximum Gasteiger partial charge on any atom is 0.0988 e. The second-order valence-electron chi connectivity index (χ2n) is 1.70. The van der Waals surface area contributed by atoms with Crippen LogP contribution in [0.2, 0.25) is 0 Å². The van der Waals surface area contributed by atoms with Crippen molar-refractivity contribution in [3.8, 4) is 6.07 Å². The van der Waals surface area contributed by atoms with E-state index in [1.165, 1.54) is 6.08 Å². The zero-order chi connectivity index (χ0) is 9.98. The van der Waals surface area contributed by atoms with Crippen LogP contribution in [0.5, 0.6) is 0 Å². The Morgan fingerprint density at radius 3 is 2.25 bits per heavy atom. The lowest BCUT2D eigenvalue weighted by Crippen LogP contribution is -1.91. The highest BCUT2D eigenvalue weighted by atomic mass is 14.5. The first-order valence-electron chi connectivity index (χ1n) is 3.90. The van der Waals surface area contributed by atoms with E-state index in [9.17, 15) is 0 Å². The third kappa shape index (κ3) is 6.63. The highest BCUT2D eigenvalue weighted by molar-refractivity contribution is 5.36. The highest BCUT2D eigenvalue weighted by Crippen LogP contribution is 1.96. The van der Waals surface area contributed by atoms with E-state index in [-0.39, 0.29) is 0 Å². The van der Waals surface area contributed by atoms with Crippen molar-refractivity contribution in [2.45, 2.75) is 20.8 Å². The molecule has 0 spiro atoms. The molecule has 0 aliphatic rings. The zero-order valence-electron chi connectivity index (χ0n) is 7.96. The van der Waals surface area contributed by atoms with E-state index in [2.05, 4.69) is 6.58 Å². The summed E-state index contributed by atoms with van der Waals surface area (Å²) in [5.74, 6) is 0. The molecule has 0 atom stereocenters. The van der Waals surface area contributed by atoms with Crippen molar-refractivity contribution in [3.63, 3.8) is 0 Å². The van der Waals surface area contributed by atoms with Gasteiger partial charge in [-0.2, -0.15) is 5.26 Å². The summed E-state index contributed by atoms with van der Waals surface area (Å²) in [5.41, 5.74) is 6.44. The van der Waals surface area contributed by atoms with Crippen molar-refractivity contribution >= 4 is 0 Å². The number of hydrogen-bond donors (Lipinski definition) is 1. The van der Waals surface area contributed by atoms with Gasteiger partial charge in [0.2, 0.25) is 0 Å². The third-order valence-electron chi connectivity index (χ3n) is 0.998. The van der Waals surface area contributed by atoms with Gasteiger partial charge < -0.3 is 5.73 Å². The summed E-state index contributed by atoms with van der Waals surface area (Å²) < 4.78 is 0. The Hall–Kier alpha value is -1.49. The Morgan fingerprint density at radius 2 is 2.00 bits per heavy atom. The Morgan fingerprint density at radius 1 is 1.50 bits per heavy atom. The first-order valence-corrected chi connectivity index (χ1v) is 3.90. The molecule has 0 amide bonds. The molecule has 12 heavy (non-hydrogen) atoms. The average molecular weight is 164 g/mol. The van der Waals surface area contributed by atoms with Gasteiger partial charge in [-0.3, -0.25) is 0 Å². The first kappa shape index (κ1) is 13.1. The summed E-state index contributed by atoms with van der Waals surface area (Å²) in [6.45, 7) is 9.24. The number of allylic oxidation sites excluding steroid dienone is 4. The van der Waals surface area contributed by atoms with Crippen LogP contribution in [0.15, 0.2) is 36.1 Å². The number of nitrogens with two attached hydrogens (primary N) is 1. The molecule has 2 heteroatoms. The summed E-state index contributed by atoms with van der Waals surface area (Å²) in [7, 11) is 0. The molecule has 0 fully saturated rings. The van der Waals surface area contributed by atoms with Crippen molar-refractivity contribution in [2.75, 3.05) is 0 Å². The van der Waals surface area contributed by atoms with Crippen LogP contribution in [0.4, 0.5) is 0 Å². The lowest BCUT2D eigenvalue weighted by molar-refractivity contribution is 1.40. The molecule has 66 valence electrons. The molecule has 0 saturated heterocycles. The minimum atomic E-state index is 0.509. The molecule has 0 aliphatic carbocycles. The monoisotopic (exact) mass is 164 g/mol. The van der Waals surface area contributed by atoms with E-state index in [0.29, 0.717) is 11.3 Å². The molecule has 0 aromatic rings. The second-order valence-corrected chi connectivity index (χ2v) is 1.70. The van der Waals surface area contributed by atoms with Crippen molar-refractivity contribution in [1.82, 2.24) is 0 Å². The van der Waals surface area contributed by atoms with Crippen LogP contribution in [-0.4, -0.2) is 0 Å². The van der Waals surface area contributed by atoms with Crippen LogP contribution >= 0.6 is 0 Å². The fraction of sp³-hybridized carbons (Fsp3) is 0.300. The molecule has 0 aromatic heterocycles. The fourth-order valence-electron chi connectivity index (χ4n) is 0.419. The first-order chi connectivity index (χ1) is 5.74. The Balaban J connectivity index is 0. The normalized spacial score (nSPS) is 10.8. The lowest BCUT2D eigenvalue weighted by Gasteiger charge is -1.88. The van der Waals surface area contributed by atoms with Crippen LogP contribution < -0.4 is 5.73 Å². The number of nitriles is 1. The van der Waals surface area contributed by atoms with Gasteiger partial charge in [-0.25, -0.2) is 0 Å². The molecule has 0 radical (unpaired) electrons. The van der Waals surface area contributed by atoms with Crippen LogP contribution in [0.1, 0.15) is 20.8 Å². The fourth-order valence-corrected chi connectivity index (χ4v) is 0.419. The smallest absolute Gasteiger partial charge is 0.0988 e. The van der Waals surface area contributed by atoms with Gasteiger partial charge in [0, 0.05) is 11.3 Å². The molecule has 2 nitrogen and oxygen atoms in total. The van der Waals surface area contributed by atoms with Gasteiger partial charge >= 0.3 is 0 Å². The SMILES string of the molecule is C=C/C(N)=C\C(C#N)=C/C.CC. The van der Waals surface area contributed by atoms with Crippen LogP contribution in [0.3, 0.4) is 0 Å². The van der Waals surface area contributed by atoms with E-state index >= 15 is 0 Å². The minimum absolute atomic E-state index is 0.509. The summed E-state index contributed by atoms with van der Waals surface area (Å²) in [6, 6.07) is 1.97. The second kappa shape index (κ2) is 9.51. The van der Waals surface area contributed by atoms with E-state index in [0.717, 1.165) is 0 Å². The third-order valence-corrected chi connectivity index (χ3v) is 0.998. The molecule has 0 unspecified atom stereocenters. The quantitative estimate of drug-likeness (QED) is 0.503. The van der Waals surface area contributed by atoms with Gasteiger partial charge in [-0.05, 0) is 19.1 Å². The van der Waals surface area contributed by atoms with E-state index < -0.39 is 0 Å². The molecule has 0 bridgehead atoms. The van der Waals surface area contributed by atoms with Gasteiger partial charge in [0.05, 0.1) is 6.07 Å². The van der Waals surface area contributed by atoms with E-state index in [1.807, 2.05) is 19.9 Å². The van der Waals surface area contributed by atoms with Crippen LogP contribution in [0.25, 0.3) is 0 Å². The predicted molar refractivity (Wildman–Crippen MR) is 53.2 cm³/mol. The number of rotatable bonds is 2. The molecule has 0 saturated carbocycles. The average Bonchev–Trinajstić information content (AvgIpc) is 2.16. The molecular weight excluding hydrogens is 148 g/mol. The van der Waals surface area contributed by atoms with Gasteiger partial charge in [-0.1, -0.05) is 26.5 Å². The Kier molecular flexibility index (Phi) is 10.4. The lowest BCUT2D eigenvalue weighted by atomic mass is 10.2. The number of nitrogens with zero attached hydrogens (tertiary/aromatic N) is 1. The van der Waals surface area contributed by atoms with Gasteiger partial charge in [0.1, 0.15) is 0 Å². The summed E-state index contributed by atoms with van der Waals surface area (Å²) in [6.07, 6.45) is 4.77. The van der Waals surface area contributed by atoms with Crippen molar-refractivity contribution in [3.05, 3.63) is 36.1 Å². The topological polar surface area (TPSA) is 49.8 Å². The van der Waals surface area contributed by atoms with E-state index in [1.54, 1.807) is 19.1 Å². The molecular formula is C10H16N2. The molecule has 0 aliphatic heterocycles. The molecule has 2 N–H and O–H groups in total. The molecule has 0 aromatic carbocycles. The molecule has 0 rings (SSSR count). The van der Waals surface area contributed by atoms with Crippen LogP contribution in [-0.2, 0) is 0 Å². The predicted octanol–water partition coefficient (Wildman–Crippen LogP) is 2.51.